The van der Waals surface area contributed by atoms with E-state index < -0.39 is 24.0 Å². The Labute approximate surface area is 150 Å². The minimum atomic E-state index is -1.15. The fraction of sp³-hybridized carbons (Fsp3) is 0.471. The van der Waals surface area contributed by atoms with Gasteiger partial charge in [0, 0.05) is 20.2 Å². The molecule has 0 aliphatic carbocycles. The van der Waals surface area contributed by atoms with Crippen LogP contribution in [0.3, 0.4) is 0 Å². The highest BCUT2D eigenvalue weighted by Crippen LogP contribution is 2.42. The minimum absolute atomic E-state index is 0.283. The third-order valence-corrected chi connectivity index (χ3v) is 4.67. The number of terminal acetylenes is 1. The van der Waals surface area contributed by atoms with Crippen molar-refractivity contribution in [2.45, 2.75) is 37.9 Å². The number of nitrogens with zero attached hydrogens (tertiary/aromatic N) is 3. The number of anilines is 1. The van der Waals surface area contributed by atoms with Crippen LogP contribution in [0.25, 0.3) is 11.0 Å². The Bertz CT molecular complexity index is 889. The lowest BCUT2D eigenvalue weighted by molar-refractivity contribution is -0.118. The Balaban J connectivity index is 2.20. The Morgan fingerprint density at radius 2 is 2.31 bits per heavy atom. The zero-order chi connectivity index (χ0) is 19.1. The monoisotopic (exact) mass is 360 g/mol. The molecule has 0 aromatic carbocycles. The second-order valence-corrected chi connectivity index (χ2v) is 6.24. The highest BCUT2D eigenvalue weighted by molar-refractivity contribution is 6.00. The molecule has 1 amide bonds. The Morgan fingerprint density at radius 3 is 2.88 bits per heavy atom. The first-order valence-corrected chi connectivity index (χ1v) is 7.96. The molecule has 138 valence electrons. The highest BCUT2D eigenvalue weighted by atomic mass is 16.6. The van der Waals surface area contributed by atoms with Gasteiger partial charge in [0.15, 0.2) is 6.23 Å². The highest BCUT2D eigenvalue weighted by Gasteiger charge is 2.54. The quantitative estimate of drug-likeness (QED) is 0.658. The Kier molecular flexibility index (Phi) is 4.68. The van der Waals surface area contributed by atoms with Crippen molar-refractivity contribution in [3.8, 4) is 12.3 Å². The van der Waals surface area contributed by atoms with Crippen molar-refractivity contribution >= 4 is 22.8 Å². The lowest BCUT2D eigenvalue weighted by Gasteiger charge is -2.31. The van der Waals surface area contributed by atoms with E-state index in [-0.39, 0.29) is 18.3 Å². The topological polar surface area (TPSA) is 119 Å². The van der Waals surface area contributed by atoms with Crippen LogP contribution in [-0.4, -0.2) is 62.2 Å². The standard InChI is InChI=1S/C17H20N4O5/c1-5-10-6-21(15-12(10)14(18-8-19-15)20-9(2)23)16-17(3,25-4)13(24)11(7-22)26-16/h1,6,8,11,13,16,22,24H,7H2,2-4H3,(H,18,19,20,23)/t11?,13?,16-,17-/m1/s1. The number of amides is 1. The van der Waals surface area contributed by atoms with Crippen LogP contribution < -0.4 is 5.32 Å². The normalized spacial score (nSPS) is 28.2. The van der Waals surface area contributed by atoms with Crippen molar-refractivity contribution in [1.82, 2.24) is 14.5 Å². The predicted molar refractivity (Wildman–Crippen MR) is 92.2 cm³/mol. The van der Waals surface area contributed by atoms with Gasteiger partial charge in [0.05, 0.1) is 17.6 Å². The molecular formula is C17H20N4O5. The molecule has 1 aliphatic rings. The summed E-state index contributed by atoms with van der Waals surface area (Å²) in [7, 11) is 1.45. The molecule has 9 nitrogen and oxygen atoms in total. The number of fused-ring (bicyclic) bond motifs is 1. The number of aromatic nitrogens is 3. The van der Waals surface area contributed by atoms with Gasteiger partial charge in [-0.05, 0) is 6.92 Å². The molecule has 0 bridgehead atoms. The molecule has 3 N–H and O–H groups in total. The molecule has 9 heteroatoms. The lowest BCUT2D eigenvalue weighted by Crippen LogP contribution is -2.46. The van der Waals surface area contributed by atoms with E-state index in [1.54, 1.807) is 17.7 Å². The molecule has 1 fully saturated rings. The number of hydrogen-bond donors (Lipinski definition) is 3. The average Bonchev–Trinajstić information content (AvgIpc) is 3.11. The van der Waals surface area contributed by atoms with Crippen LogP contribution in [0.5, 0.6) is 0 Å². The first kappa shape index (κ1) is 18.3. The molecule has 4 atom stereocenters. The summed E-state index contributed by atoms with van der Waals surface area (Å²) in [6, 6.07) is 0. The van der Waals surface area contributed by atoms with Gasteiger partial charge in [-0.1, -0.05) is 5.92 Å². The summed E-state index contributed by atoms with van der Waals surface area (Å²) in [4.78, 5) is 19.8. The Morgan fingerprint density at radius 1 is 1.58 bits per heavy atom. The SMILES string of the molecule is C#Cc1cn([C@@H]2OC(CO)C(O)[C@@]2(C)OC)c2ncnc(NC(C)=O)c12. The zero-order valence-electron chi connectivity index (χ0n) is 14.6. The smallest absolute Gasteiger partial charge is 0.222 e. The largest absolute Gasteiger partial charge is 0.394 e. The maximum atomic E-state index is 11.5. The summed E-state index contributed by atoms with van der Waals surface area (Å²) in [5, 5.41) is 23.1. The lowest BCUT2D eigenvalue weighted by atomic mass is 9.96. The summed E-state index contributed by atoms with van der Waals surface area (Å²) in [6.45, 7) is 2.67. The second-order valence-electron chi connectivity index (χ2n) is 6.24. The number of aliphatic hydroxyl groups excluding tert-OH is 2. The molecule has 2 aromatic rings. The number of hydrogen-bond acceptors (Lipinski definition) is 7. The van der Waals surface area contributed by atoms with E-state index in [9.17, 15) is 15.0 Å². The molecule has 0 spiro atoms. The molecule has 3 heterocycles. The van der Waals surface area contributed by atoms with E-state index >= 15 is 0 Å². The van der Waals surface area contributed by atoms with Gasteiger partial charge < -0.3 is 29.6 Å². The molecule has 2 aromatic heterocycles. The van der Waals surface area contributed by atoms with E-state index in [0.717, 1.165) is 0 Å². The summed E-state index contributed by atoms with van der Waals surface area (Å²) in [5.74, 6) is 2.54. The van der Waals surface area contributed by atoms with Crippen LogP contribution in [0.2, 0.25) is 0 Å². The minimum Gasteiger partial charge on any atom is -0.394 e. The fourth-order valence-electron chi connectivity index (χ4n) is 3.23. The number of carbonyl (C=O) groups is 1. The molecule has 3 rings (SSSR count). The van der Waals surface area contributed by atoms with E-state index in [4.69, 9.17) is 15.9 Å². The fourth-order valence-corrected chi connectivity index (χ4v) is 3.23. The van der Waals surface area contributed by atoms with Crippen LogP contribution in [0, 0.1) is 12.3 Å². The van der Waals surface area contributed by atoms with Crippen molar-refractivity contribution in [2.75, 3.05) is 19.0 Å². The third kappa shape index (κ3) is 2.64. The average molecular weight is 360 g/mol. The van der Waals surface area contributed by atoms with Gasteiger partial charge in [-0.3, -0.25) is 4.79 Å². The number of methoxy groups -OCH3 is 1. The van der Waals surface area contributed by atoms with Gasteiger partial charge in [-0.2, -0.15) is 0 Å². The molecule has 2 unspecified atom stereocenters. The van der Waals surface area contributed by atoms with Crippen molar-refractivity contribution in [1.29, 1.82) is 0 Å². The maximum Gasteiger partial charge on any atom is 0.222 e. The zero-order valence-corrected chi connectivity index (χ0v) is 14.6. The van der Waals surface area contributed by atoms with Crippen LogP contribution >= 0.6 is 0 Å². The summed E-state index contributed by atoms with van der Waals surface area (Å²) >= 11 is 0. The van der Waals surface area contributed by atoms with E-state index in [0.29, 0.717) is 16.6 Å². The van der Waals surface area contributed by atoms with Crippen LogP contribution in [0.1, 0.15) is 25.6 Å². The van der Waals surface area contributed by atoms with Crippen LogP contribution in [0.4, 0.5) is 5.82 Å². The van der Waals surface area contributed by atoms with Crippen molar-refractivity contribution in [3.05, 3.63) is 18.1 Å². The molecule has 26 heavy (non-hydrogen) atoms. The number of ether oxygens (including phenoxy) is 2. The maximum absolute atomic E-state index is 11.5. The Hall–Kier alpha value is -2.51. The molecule has 0 radical (unpaired) electrons. The molecule has 1 saturated heterocycles. The van der Waals surface area contributed by atoms with Crippen molar-refractivity contribution < 1.29 is 24.5 Å². The number of carbonyl (C=O) groups excluding carboxylic acids is 1. The van der Waals surface area contributed by atoms with Gasteiger partial charge in [0.25, 0.3) is 0 Å². The number of nitrogens with one attached hydrogen (secondary N) is 1. The van der Waals surface area contributed by atoms with E-state index in [1.165, 1.54) is 20.4 Å². The van der Waals surface area contributed by atoms with Gasteiger partial charge in [-0.15, -0.1) is 6.42 Å². The van der Waals surface area contributed by atoms with Crippen LogP contribution in [0.15, 0.2) is 12.5 Å². The van der Waals surface area contributed by atoms with Crippen LogP contribution in [-0.2, 0) is 14.3 Å². The second kappa shape index (κ2) is 6.66. The van der Waals surface area contributed by atoms with Crippen molar-refractivity contribution in [2.24, 2.45) is 0 Å². The molecule has 1 aliphatic heterocycles. The van der Waals surface area contributed by atoms with Gasteiger partial charge >= 0.3 is 0 Å². The van der Waals surface area contributed by atoms with Gasteiger partial charge in [-0.25, -0.2) is 9.97 Å². The first-order valence-electron chi connectivity index (χ1n) is 7.96. The van der Waals surface area contributed by atoms with E-state index in [2.05, 4.69) is 21.2 Å². The number of rotatable bonds is 4. The molecule has 0 saturated carbocycles. The van der Waals surface area contributed by atoms with E-state index in [1.807, 2.05) is 0 Å². The summed E-state index contributed by atoms with van der Waals surface area (Å²) in [6.07, 6.45) is 5.84. The summed E-state index contributed by atoms with van der Waals surface area (Å²) in [5.41, 5.74) is -0.284. The predicted octanol–water partition coefficient (Wildman–Crippen LogP) is 0.0267. The van der Waals surface area contributed by atoms with Crippen molar-refractivity contribution in [3.63, 3.8) is 0 Å². The third-order valence-electron chi connectivity index (χ3n) is 4.67. The first-order chi connectivity index (χ1) is 12.4. The summed E-state index contributed by atoms with van der Waals surface area (Å²) < 4.78 is 13.0. The van der Waals surface area contributed by atoms with Gasteiger partial charge in [0.1, 0.15) is 35.6 Å². The van der Waals surface area contributed by atoms with Gasteiger partial charge in [0.2, 0.25) is 5.91 Å². The molecular weight excluding hydrogens is 340 g/mol. The number of aliphatic hydroxyl groups is 2.